The molecule has 1 aliphatic heterocycles. The Kier molecular flexibility index (Phi) is 11.4. The zero-order valence-corrected chi connectivity index (χ0v) is 30.6. The first-order valence-electron chi connectivity index (χ1n) is 18.1. The average Bonchev–Trinajstić information content (AvgIpc) is 3.85. The van der Waals surface area contributed by atoms with E-state index >= 15 is 0 Å². The molecule has 280 valence electrons. The van der Waals surface area contributed by atoms with Gasteiger partial charge in [-0.05, 0) is 62.1 Å². The molecule has 5 N–H and O–H groups in total. The quantitative estimate of drug-likeness (QED) is 0.187. The second-order valence-corrected chi connectivity index (χ2v) is 13.5. The van der Waals surface area contributed by atoms with Gasteiger partial charge in [0.1, 0.15) is 29.7 Å². The molecule has 0 radical (unpaired) electrons. The minimum Gasteiger partial charge on any atom is -0.361 e. The first kappa shape index (κ1) is 37.3. The molecule has 0 aliphatic carbocycles. The Labute approximate surface area is 312 Å². The number of aryl methyl sites for hydroxylation is 3. The lowest BCUT2D eigenvalue weighted by atomic mass is 10.0. The van der Waals surface area contributed by atoms with Crippen LogP contribution in [0.3, 0.4) is 0 Å². The number of imidazole rings is 1. The van der Waals surface area contributed by atoms with Gasteiger partial charge in [0.25, 0.3) is 11.8 Å². The first-order chi connectivity index (χ1) is 26.1. The van der Waals surface area contributed by atoms with Crippen molar-refractivity contribution in [3.63, 3.8) is 0 Å². The average molecular weight is 733 g/mol. The van der Waals surface area contributed by atoms with Crippen LogP contribution in [-0.4, -0.2) is 91.8 Å². The number of nitriles is 1. The number of aromatic amines is 1. The topological polar surface area (TPSA) is 199 Å². The lowest BCUT2D eigenvalue weighted by molar-refractivity contribution is -0.132. The molecule has 54 heavy (non-hydrogen) atoms. The van der Waals surface area contributed by atoms with Crippen molar-refractivity contribution in [2.45, 2.75) is 58.2 Å². The zero-order valence-electron chi connectivity index (χ0n) is 30.6. The molecule has 0 saturated heterocycles. The number of carbonyl (C=O) groups is 5. The van der Waals surface area contributed by atoms with E-state index in [0.717, 1.165) is 33.3 Å². The lowest BCUT2D eigenvalue weighted by Gasteiger charge is -2.25. The fraction of sp³-hybridized carbons (Fsp3) is 0.359. The third kappa shape index (κ3) is 8.28. The van der Waals surface area contributed by atoms with Crippen LogP contribution in [0.25, 0.3) is 21.9 Å². The summed E-state index contributed by atoms with van der Waals surface area (Å²) in [6.45, 7) is 4.40. The minimum absolute atomic E-state index is 0.0977. The summed E-state index contributed by atoms with van der Waals surface area (Å²) in [5.74, 6) is -1.51. The van der Waals surface area contributed by atoms with E-state index in [9.17, 15) is 29.2 Å². The van der Waals surface area contributed by atoms with Gasteiger partial charge < -0.3 is 40.3 Å². The van der Waals surface area contributed by atoms with Gasteiger partial charge in [-0.1, -0.05) is 25.1 Å². The molecule has 0 saturated carbocycles. The molecule has 2 bridgehead atoms. The molecule has 6 rings (SSSR count). The smallest absolute Gasteiger partial charge is 0.270 e. The van der Waals surface area contributed by atoms with Crippen molar-refractivity contribution in [3.05, 3.63) is 89.1 Å². The molecular formula is C39H44N10O5. The molecule has 4 heterocycles. The number of nitrogens with zero attached hydrogens (tertiary/aromatic N) is 5. The van der Waals surface area contributed by atoms with Gasteiger partial charge in [-0.3, -0.25) is 24.0 Å². The van der Waals surface area contributed by atoms with Gasteiger partial charge in [0.15, 0.2) is 0 Å². The van der Waals surface area contributed by atoms with Gasteiger partial charge in [0.05, 0.1) is 23.1 Å². The van der Waals surface area contributed by atoms with Crippen molar-refractivity contribution in [3.8, 4) is 6.07 Å². The van der Waals surface area contributed by atoms with Crippen LogP contribution in [0.2, 0.25) is 0 Å². The summed E-state index contributed by atoms with van der Waals surface area (Å²) in [4.78, 5) is 77.2. The second-order valence-electron chi connectivity index (χ2n) is 13.5. The highest BCUT2D eigenvalue weighted by molar-refractivity contribution is 5.98. The van der Waals surface area contributed by atoms with E-state index < -0.39 is 29.8 Å². The molecule has 0 spiro atoms. The van der Waals surface area contributed by atoms with E-state index in [-0.39, 0.29) is 50.0 Å². The number of hydrogen-bond donors (Lipinski definition) is 5. The number of aromatic nitrogens is 4. The fourth-order valence-corrected chi connectivity index (χ4v) is 6.83. The van der Waals surface area contributed by atoms with Gasteiger partial charge >= 0.3 is 0 Å². The van der Waals surface area contributed by atoms with E-state index in [2.05, 4.69) is 31.2 Å². The van der Waals surface area contributed by atoms with Gasteiger partial charge in [-0.2, -0.15) is 5.26 Å². The number of para-hydroxylation sites is 1. The maximum absolute atomic E-state index is 13.8. The highest BCUT2D eigenvalue weighted by Gasteiger charge is 2.29. The Balaban J connectivity index is 1.29. The molecule has 2 aromatic carbocycles. The highest BCUT2D eigenvalue weighted by atomic mass is 16.2. The van der Waals surface area contributed by atoms with E-state index in [1.165, 1.54) is 21.7 Å². The lowest BCUT2D eigenvalue weighted by Crippen LogP contribution is -2.55. The van der Waals surface area contributed by atoms with Crippen LogP contribution in [0.1, 0.15) is 64.0 Å². The molecule has 15 nitrogen and oxygen atoms in total. The third-order valence-electron chi connectivity index (χ3n) is 9.72. The number of fused-ring (bicyclic) bond motifs is 2. The first-order valence-corrected chi connectivity index (χ1v) is 18.1. The standard InChI is InChI=1S/C39H44N10O5/c1-4-29-38(53)46-32(18-27-21-43-30-10-6-5-9-28(27)30)37(52)42-14-8-16-49-24(2)44-31-12-11-26(19-33(31)49)36(51)41-13-7-15-48(23-35(50)45-29)39(54)34-17-25(20-40)22-47(34)3/h5-6,9-12,17,19,21-22,29,32,43H,4,7-8,13-16,18,23H2,1-3H3,(H,41,51)(H,42,52)(H,45,50)(H,46,53)/t29-,32+/m0/s1. The van der Waals surface area contributed by atoms with Crippen LogP contribution >= 0.6 is 0 Å². The summed E-state index contributed by atoms with van der Waals surface area (Å²) in [6.07, 6.45) is 4.65. The summed E-state index contributed by atoms with van der Waals surface area (Å²) in [5.41, 5.74) is 4.21. The normalized spacial score (nSPS) is 18.3. The number of amides is 5. The molecule has 2 atom stereocenters. The monoisotopic (exact) mass is 732 g/mol. The van der Waals surface area contributed by atoms with E-state index in [4.69, 9.17) is 0 Å². The predicted molar refractivity (Wildman–Crippen MR) is 201 cm³/mol. The molecule has 5 amide bonds. The van der Waals surface area contributed by atoms with Crippen molar-refractivity contribution in [2.24, 2.45) is 7.05 Å². The van der Waals surface area contributed by atoms with Crippen LogP contribution in [0, 0.1) is 18.3 Å². The third-order valence-corrected chi connectivity index (χ3v) is 9.72. The molecule has 5 aromatic rings. The number of hydrogen-bond acceptors (Lipinski definition) is 7. The number of nitrogens with one attached hydrogen (secondary N) is 5. The SMILES string of the molecule is CC[C@@H]1NC(=O)CN(C(=O)c2cc(C#N)cn2C)CCCNC(=O)c2ccc3nc(C)n(c3c2)CCCNC(=O)[C@@H](Cc2c[nH]c3ccccc23)NC1=O. The zero-order chi connectivity index (χ0) is 38.4. The van der Waals surface area contributed by atoms with Crippen molar-refractivity contribution in [1.82, 2.24) is 45.3 Å². The Morgan fingerprint density at radius 3 is 2.52 bits per heavy atom. The van der Waals surface area contributed by atoms with E-state index in [0.29, 0.717) is 37.1 Å². The van der Waals surface area contributed by atoms with Crippen molar-refractivity contribution < 1.29 is 24.0 Å². The largest absolute Gasteiger partial charge is 0.361 e. The van der Waals surface area contributed by atoms with Gasteiger partial charge in [0, 0.05) is 68.5 Å². The van der Waals surface area contributed by atoms with Crippen molar-refractivity contribution in [2.75, 3.05) is 26.2 Å². The summed E-state index contributed by atoms with van der Waals surface area (Å²) >= 11 is 0. The van der Waals surface area contributed by atoms with Crippen LogP contribution in [-0.2, 0) is 34.4 Å². The maximum atomic E-state index is 13.8. The van der Waals surface area contributed by atoms with Crippen molar-refractivity contribution in [1.29, 1.82) is 5.26 Å². The van der Waals surface area contributed by atoms with Crippen molar-refractivity contribution >= 4 is 51.5 Å². The van der Waals surface area contributed by atoms with Gasteiger partial charge in [0.2, 0.25) is 17.7 Å². The predicted octanol–water partition coefficient (Wildman–Crippen LogP) is 2.44. The minimum atomic E-state index is -0.995. The van der Waals surface area contributed by atoms with Gasteiger partial charge in [-0.25, -0.2) is 4.98 Å². The van der Waals surface area contributed by atoms with Crippen LogP contribution in [0.15, 0.2) is 60.9 Å². The summed E-state index contributed by atoms with van der Waals surface area (Å²) in [7, 11) is 1.64. The molecule has 15 heteroatoms. The molecule has 0 fully saturated rings. The Morgan fingerprint density at radius 2 is 1.74 bits per heavy atom. The molecular weight excluding hydrogens is 688 g/mol. The molecule has 3 aromatic heterocycles. The summed E-state index contributed by atoms with van der Waals surface area (Å²) in [5, 5.41) is 21.8. The van der Waals surface area contributed by atoms with E-state index in [1.807, 2.05) is 48.0 Å². The molecule has 0 unspecified atom stereocenters. The summed E-state index contributed by atoms with van der Waals surface area (Å²) in [6, 6.07) is 14.5. The van der Waals surface area contributed by atoms with Crippen LogP contribution in [0.5, 0.6) is 0 Å². The highest BCUT2D eigenvalue weighted by Crippen LogP contribution is 2.21. The van der Waals surface area contributed by atoms with Crippen LogP contribution < -0.4 is 21.3 Å². The Morgan fingerprint density at radius 1 is 0.963 bits per heavy atom. The number of rotatable bonds is 4. The number of carbonyl (C=O) groups excluding carboxylic acids is 5. The Bertz CT molecular complexity index is 2260. The molecule has 1 aliphatic rings. The fourth-order valence-electron chi connectivity index (χ4n) is 6.83. The van der Waals surface area contributed by atoms with Gasteiger partial charge in [-0.15, -0.1) is 0 Å². The van der Waals surface area contributed by atoms with E-state index in [1.54, 1.807) is 32.2 Å². The van der Waals surface area contributed by atoms with Crippen LogP contribution in [0.4, 0.5) is 0 Å². The number of benzene rings is 2. The maximum Gasteiger partial charge on any atom is 0.270 e. The Hall–Kier alpha value is -6.43. The second kappa shape index (κ2) is 16.5. The summed E-state index contributed by atoms with van der Waals surface area (Å²) < 4.78 is 3.53. The number of H-pyrrole nitrogens is 1.